The predicted octanol–water partition coefficient (Wildman–Crippen LogP) is 5.61. The summed E-state index contributed by atoms with van der Waals surface area (Å²) in [5.74, 6) is 0. The van der Waals surface area contributed by atoms with Gasteiger partial charge in [-0.3, -0.25) is 0 Å². The summed E-state index contributed by atoms with van der Waals surface area (Å²) in [5.41, 5.74) is 2.23. The van der Waals surface area contributed by atoms with Crippen LogP contribution in [0, 0.1) is 0 Å². The molecule has 1 N–H and O–H groups in total. The normalized spacial score (nSPS) is 12.4. The molecule has 1 nitrogen and oxygen atoms in total. The zero-order valence-corrected chi connectivity index (χ0v) is 13.6. The van der Waals surface area contributed by atoms with Gasteiger partial charge in [0.05, 0.1) is 0 Å². The smallest absolute Gasteiger partial charge is 0.0454 e. The molecule has 4 heteroatoms. The highest BCUT2D eigenvalue weighted by atomic mass is 79.9. The van der Waals surface area contributed by atoms with Gasteiger partial charge in [0, 0.05) is 27.1 Å². The molecule has 2 rings (SSSR count). The highest BCUT2D eigenvalue weighted by Gasteiger charge is 2.10. The summed E-state index contributed by atoms with van der Waals surface area (Å²) < 4.78 is 1.10. The van der Waals surface area contributed by atoms with Crippen LogP contribution in [-0.2, 0) is 6.54 Å². The minimum atomic E-state index is 0.137. The number of benzene rings is 2. The SMILES string of the molecule is CC(NCc1ccccc1Br)c1cc(Cl)ccc1Cl. The van der Waals surface area contributed by atoms with Gasteiger partial charge in [0.2, 0.25) is 0 Å². The molecule has 0 radical (unpaired) electrons. The first-order valence-electron chi connectivity index (χ1n) is 5.99. The summed E-state index contributed by atoms with van der Waals surface area (Å²) in [6.07, 6.45) is 0. The fourth-order valence-corrected chi connectivity index (χ4v) is 2.75. The molecular weight excluding hydrogens is 345 g/mol. The topological polar surface area (TPSA) is 12.0 Å². The highest BCUT2D eigenvalue weighted by Crippen LogP contribution is 2.26. The Morgan fingerprint density at radius 2 is 1.89 bits per heavy atom. The summed E-state index contributed by atoms with van der Waals surface area (Å²) in [4.78, 5) is 0. The van der Waals surface area contributed by atoms with Gasteiger partial charge in [0.15, 0.2) is 0 Å². The molecule has 0 aliphatic carbocycles. The van der Waals surface area contributed by atoms with Crippen LogP contribution in [0.15, 0.2) is 46.9 Å². The summed E-state index contributed by atoms with van der Waals surface area (Å²) in [6, 6.07) is 13.8. The quantitative estimate of drug-likeness (QED) is 0.749. The number of rotatable bonds is 4. The van der Waals surface area contributed by atoms with Crippen LogP contribution in [0.5, 0.6) is 0 Å². The second-order valence-corrected chi connectivity index (χ2v) is 6.06. The van der Waals surface area contributed by atoms with Crippen LogP contribution >= 0.6 is 39.1 Å². The monoisotopic (exact) mass is 357 g/mol. The highest BCUT2D eigenvalue weighted by molar-refractivity contribution is 9.10. The largest absolute Gasteiger partial charge is 0.306 e. The predicted molar refractivity (Wildman–Crippen MR) is 85.9 cm³/mol. The average Bonchev–Trinajstić information content (AvgIpc) is 2.40. The first-order chi connectivity index (χ1) is 9.08. The third-order valence-corrected chi connectivity index (χ3v) is 4.33. The van der Waals surface area contributed by atoms with E-state index in [9.17, 15) is 0 Å². The van der Waals surface area contributed by atoms with Gasteiger partial charge in [-0.05, 0) is 42.3 Å². The van der Waals surface area contributed by atoms with Gasteiger partial charge in [-0.1, -0.05) is 57.3 Å². The van der Waals surface area contributed by atoms with Crippen LogP contribution in [0.25, 0.3) is 0 Å². The molecule has 0 saturated heterocycles. The van der Waals surface area contributed by atoms with E-state index in [1.165, 1.54) is 5.56 Å². The minimum absolute atomic E-state index is 0.137. The molecule has 0 fully saturated rings. The fourth-order valence-electron chi connectivity index (χ4n) is 1.86. The Labute approximate surface area is 132 Å². The van der Waals surface area contributed by atoms with Crippen molar-refractivity contribution in [3.8, 4) is 0 Å². The van der Waals surface area contributed by atoms with Gasteiger partial charge in [-0.15, -0.1) is 0 Å². The third-order valence-electron chi connectivity index (χ3n) is 2.98. The van der Waals surface area contributed by atoms with Gasteiger partial charge in [-0.2, -0.15) is 0 Å². The van der Waals surface area contributed by atoms with Gasteiger partial charge < -0.3 is 5.32 Å². The first-order valence-corrected chi connectivity index (χ1v) is 7.54. The first kappa shape index (κ1) is 14.9. The second kappa shape index (κ2) is 6.76. The lowest BCUT2D eigenvalue weighted by Gasteiger charge is -2.16. The van der Waals surface area contributed by atoms with E-state index >= 15 is 0 Å². The zero-order chi connectivity index (χ0) is 13.8. The second-order valence-electron chi connectivity index (χ2n) is 4.36. The van der Waals surface area contributed by atoms with E-state index in [1.54, 1.807) is 6.07 Å². The van der Waals surface area contributed by atoms with Crippen LogP contribution in [0.4, 0.5) is 0 Å². The van der Waals surface area contributed by atoms with E-state index in [-0.39, 0.29) is 6.04 Å². The van der Waals surface area contributed by atoms with Crippen molar-refractivity contribution in [2.45, 2.75) is 19.5 Å². The lowest BCUT2D eigenvalue weighted by atomic mass is 10.1. The van der Waals surface area contributed by atoms with Gasteiger partial charge in [-0.25, -0.2) is 0 Å². The van der Waals surface area contributed by atoms with Gasteiger partial charge in [0.25, 0.3) is 0 Å². The lowest BCUT2D eigenvalue weighted by molar-refractivity contribution is 0.574. The standard InChI is InChI=1S/C15H14BrCl2N/c1-10(13-8-12(17)6-7-15(13)18)19-9-11-4-2-3-5-14(11)16/h2-8,10,19H,9H2,1H3. The maximum atomic E-state index is 6.20. The summed E-state index contributed by atoms with van der Waals surface area (Å²) in [6.45, 7) is 2.85. The van der Waals surface area contributed by atoms with Gasteiger partial charge in [0.1, 0.15) is 0 Å². The van der Waals surface area contributed by atoms with Crippen molar-refractivity contribution in [2.24, 2.45) is 0 Å². The van der Waals surface area contributed by atoms with Crippen LogP contribution in [0.1, 0.15) is 24.1 Å². The Morgan fingerprint density at radius 3 is 2.63 bits per heavy atom. The maximum absolute atomic E-state index is 6.20. The van der Waals surface area contributed by atoms with E-state index < -0.39 is 0 Å². The van der Waals surface area contributed by atoms with Crippen molar-refractivity contribution in [2.75, 3.05) is 0 Å². The molecule has 19 heavy (non-hydrogen) atoms. The summed E-state index contributed by atoms with van der Waals surface area (Å²) in [7, 11) is 0. The van der Waals surface area contributed by atoms with Crippen molar-refractivity contribution < 1.29 is 0 Å². The Hall–Kier alpha value is -0.540. The Morgan fingerprint density at radius 1 is 1.16 bits per heavy atom. The van der Waals surface area contributed by atoms with Crippen LogP contribution in [0.2, 0.25) is 10.0 Å². The third kappa shape index (κ3) is 3.96. The number of nitrogens with one attached hydrogen (secondary N) is 1. The molecule has 1 atom stereocenters. The van der Waals surface area contributed by atoms with Crippen LogP contribution in [0.3, 0.4) is 0 Å². The Kier molecular flexibility index (Phi) is 5.28. The van der Waals surface area contributed by atoms with E-state index in [4.69, 9.17) is 23.2 Å². The van der Waals surface area contributed by atoms with Crippen molar-refractivity contribution >= 4 is 39.1 Å². The molecule has 0 aromatic heterocycles. The van der Waals surface area contributed by atoms with Crippen LogP contribution in [-0.4, -0.2) is 0 Å². The summed E-state index contributed by atoms with van der Waals surface area (Å²) >= 11 is 15.7. The molecule has 0 spiro atoms. The van der Waals surface area contributed by atoms with Crippen molar-refractivity contribution in [3.05, 3.63) is 68.1 Å². The summed E-state index contributed by atoms with van der Waals surface area (Å²) in [5, 5.41) is 4.89. The van der Waals surface area contributed by atoms with Crippen LogP contribution < -0.4 is 5.32 Å². The number of hydrogen-bond donors (Lipinski definition) is 1. The average molecular weight is 359 g/mol. The van der Waals surface area contributed by atoms with E-state index in [2.05, 4.69) is 34.2 Å². The fraction of sp³-hybridized carbons (Fsp3) is 0.200. The molecule has 2 aromatic carbocycles. The van der Waals surface area contributed by atoms with E-state index in [0.717, 1.165) is 21.6 Å². The number of hydrogen-bond acceptors (Lipinski definition) is 1. The molecule has 0 saturated carbocycles. The van der Waals surface area contributed by atoms with Gasteiger partial charge >= 0.3 is 0 Å². The molecule has 0 bridgehead atoms. The van der Waals surface area contributed by atoms with Crippen molar-refractivity contribution in [1.82, 2.24) is 5.32 Å². The molecule has 2 aromatic rings. The lowest BCUT2D eigenvalue weighted by Crippen LogP contribution is -2.18. The molecule has 100 valence electrons. The zero-order valence-electron chi connectivity index (χ0n) is 10.5. The number of halogens is 3. The molecule has 1 unspecified atom stereocenters. The molecule has 0 heterocycles. The van der Waals surface area contributed by atoms with Crippen molar-refractivity contribution in [1.29, 1.82) is 0 Å². The Bertz CT molecular complexity index is 572. The maximum Gasteiger partial charge on any atom is 0.0454 e. The molecular formula is C15H14BrCl2N. The Balaban J connectivity index is 2.07. The molecule has 0 amide bonds. The molecule has 0 aliphatic rings. The van der Waals surface area contributed by atoms with E-state index in [1.807, 2.05) is 30.3 Å². The van der Waals surface area contributed by atoms with Crippen molar-refractivity contribution in [3.63, 3.8) is 0 Å². The van der Waals surface area contributed by atoms with E-state index in [0.29, 0.717) is 5.02 Å². The molecule has 0 aliphatic heterocycles. The minimum Gasteiger partial charge on any atom is -0.306 e.